The number of hydrogen-bond acceptors (Lipinski definition) is 12. The molecule has 2 fully saturated rings. The predicted octanol–water partition coefficient (Wildman–Crippen LogP) is 4.13. The minimum atomic E-state index is -1.16. The van der Waals surface area contributed by atoms with Gasteiger partial charge in [-0.05, 0) is 34.7 Å². The Balaban J connectivity index is 1.75. The Bertz CT molecular complexity index is 1960. The first-order valence-corrected chi connectivity index (χ1v) is 23.4. The van der Waals surface area contributed by atoms with Gasteiger partial charge in [-0.1, -0.05) is 111 Å². The number of ether oxygens (including phenoxy) is 1. The highest BCUT2D eigenvalue weighted by molar-refractivity contribution is 8.13. The van der Waals surface area contributed by atoms with E-state index < -0.39 is 76.7 Å². The summed E-state index contributed by atoms with van der Waals surface area (Å²) in [5.41, 5.74) is -0.807. The molecule has 2 aliphatic heterocycles. The number of aliphatic imine (C=N–C) groups is 1. The standard InChI is InChI=1S/C45H66N8O8S2/c1-25(2)33-39(57)52-36(44(5,6)7)38(47-24-30(54)53-20-17-26(3)35(53)41(59)49-33)51-37(45(8,9)10)42(60)50-34(27(4)28-15-13-12-14-16-28)40(58)48-29(43-46-19-22-63-43)23-32(56)62-21-18-31(55)61-11/h12-16,19,22,25-27,29,33-37H,17-18,20-21,23-24H2,1-11H3,(H,47,51)(H,48,58)(H,49,59)(H,50,60)(H,52,57)/t26-,27+,29-,33+,34?,35+,36?,37?/m1/s1. The van der Waals surface area contributed by atoms with E-state index in [0.717, 1.165) is 17.3 Å². The summed E-state index contributed by atoms with van der Waals surface area (Å²) in [6.45, 7) is 18.7. The van der Waals surface area contributed by atoms with Crippen molar-refractivity contribution < 1.29 is 38.3 Å². The second-order valence-corrected chi connectivity index (χ2v) is 20.9. The van der Waals surface area contributed by atoms with Gasteiger partial charge in [0.05, 0.1) is 32.2 Å². The third kappa shape index (κ3) is 13.8. The number of amidine groups is 1. The molecule has 0 radical (unpaired) electrons. The summed E-state index contributed by atoms with van der Waals surface area (Å²) in [5, 5.41) is 17.2. The summed E-state index contributed by atoms with van der Waals surface area (Å²) in [6.07, 6.45) is 2.12. The van der Waals surface area contributed by atoms with Gasteiger partial charge in [0.15, 0.2) is 5.12 Å². The van der Waals surface area contributed by atoms with Gasteiger partial charge in [0.2, 0.25) is 29.5 Å². The second-order valence-electron chi connectivity index (χ2n) is 18.8. The Kier molecular flexibility index (Phi) is 17.9. The highest BCUT2D eigenvalue weighted by atomic mass is 32.2. The van der Waals surface area contributed by atoms with Crippen LogP contribution in [0.25, 0.3) is 0 Å². The number of methoxy groups -OCH3 is 1. The summed E-state index contributed by atoms with van der Waals surface area (Å²) in [5.74, 6) is -3.31. The fourth-order valence-corrected chi connectivity index (χ4v) is 9.12. The maximum atomic E-state index is 14.9. The molecular weight excluding hydrogens is 845 g/mol. The molecular formula is C45H66N8O8S2. The molecule has 4 rings (SSSR count). The lowest BCUT2D eigenvalue weighted by Crippen LogP contribution is -2.63. The Hall–Kier alpha value is -4.84. The van der Waals surface area contributed by atoms with Crippen molar-refractivity contribution in [2.45, 2.75) is 131 Å². The highest BCUT2D eigenvalue weighted by Gasteiger charge is 2.44. The van der Waals surface area contributed by atoms with E-state index in [4.69, 9.17) is 9.73 Å². The highest BCUT2D eigenvalue weighted by Crippen LogP contribution is 2.30. The van der Waals surface area contributed by atoms with Crippen molar-refractivity contribution in [3.63, 3.8) is 0 Å². The number of esters is 1. The van der Waals surface area contributed by atoms with Crippen LogP contribution in [0, 0.1) is 22.7 Å². The van der Waals surface area contributed by atoms with E-state index in [2.05, 4.69) is 31.6 Å². The summed E-state index contributed by atoms with van der Waals surface area (Å²) in [7, 11) is 1.28. The van der Waals surface area contributed by atoms with E-state index in [1.807, 2.05) is 99.6 Å². The number of carbonyl (C=O) groups excluding carboxylic acids is 7. The smallest absolute Gasteiger partial charge is 0.306 e. The molecule has 3 heterocycles. The lowest BCUT2D eigenvalue weighted by Gasteiger charge is -2.38. The average Bonchev–Trinajstić information content (AvgIpc) is 3.90. The summed E-state index contributed by atoms with van der Waals surface area (Å²) in [6, 6.07) is 3.56. The van der Waals surface area contributed by atoms with Gasteiger partial charge in [-0.2, -0.15) is 0 Å². The molecule has 18 heteroatoms. The summed E-state index contributed by atoms with van der Waals surface area (Å²) < 4.78 is 4.69. The lowest BCUT2D eigenvalue weighted by molar-refractivity contribution is -0.140. The molecule has 2 saturated heterocycles. The first-order valence-electron chi connectivity index (χ1n) is 21.5. The van der Waals surface area contributed by atoms with Crippen molar-refractivity contribution in [3.05, 3.63) is 52.5 Å². The maximum absolute atomic E-state index is 14.9. The zero-order chi connectivity index (χ0) is 46.8. The van der Waals surface area contributed by atoms with Gasteiger partial charge in [0.25, 0.3) is 0 Å². The van der Waals surface area contributed by atoms with Gasteiger partial charge < -0.3 is 36.2 Å². The number of nitrogens with zero attached hydrogens (tertiary/aromatic N) is 3. The van der Waals surface area contributed by atoms with Crippen LogP contribution in [0.3, 0.4) is 0 Å². The van der Waals surface area contributed by atoms with Gasteiger partial charge in [-0.25, -0.2) is 4.98 Å². The average molecular weight is 911 g/mol. The molecule has 346 valence electrons. The molecule has 63 heavy (non-hydrogen) atoms. The van der Waals surface area contributed by atoms with Gasteiger partial charge in [-0.3, -0.25) is 38.6 Å². The molecule has 5 N–H and O–H groups in total. The van der Waals surface area contributed by atoms with Crippen molar-refractivity contribution in [3.8, 4) is 0 Å². The Morgan fingerprint density at radius 1 is 0.984 bits per heavy atom. The third-order valence-electron chi connectivity index (χ3n) is 11.4. The SMILES string of the molecule is COC(=O)CCSC(=O)C[C@@H](NC(=O)C(NC(=O)C(/N=C1\NCC(=O)N2CC[C@@H](C)[C@H]2C(=O)N[C@@H](C(C)C)C(=O)NC1C(C)(C)C)C(C)(C)C)[C@@H](C)c1ccccc1)c1nccs1. The predicted molar refractivity (Wildman–Crippen MR) is 245 cm³/mol. The Morgan fingerprint density at radius 3 is 2.25 bits per heavy atom. The molecule has 1 aromatic heterocycles. The molecule has 0 aliphatic carbocycles. The van der Waals surface area contributed by atoms with E-state index in [9.17, 15) is 33.6 Å². The van der Waals surface area contributed by atoms with Crippen molar-refractivity contribution in [1.82, 2.24) is 36.5 Å². The minimum Gasteiger partial charge on any atom is -0.469 e. The number of fused-ring (bicyclic) bond motifs is 1. The van der Waals surface area contributed by atoms with Crippen molar-refractivity contribution in [2.24, 2.45) is 27.7 Å². The molecule has 0 saturated carbocycles. The zero-order valence-corrected chi connectivity index (χ0v) is 40.0. The van der Waals surface area contributed by atoms with Gasteiger partial charge in [-0.15, -0.1) is 11.3 Å². The van der Waals surface area contributed by atoms with E-state index >= 15 is 0 Å². The van der Waals surface area contributed by atoms with E-state index in [-0.39, 0.29) is 59.7 Å². The number of benzene rings is 1. The van der Waals surface area contributed by atoms with Crippen LogP contribution in [0.15, 0.2) is 46.9 Å². The third-order valence-corrected chi connectivity index (χ3v) is 13.1. The number of carbonyl (C=O) groups is 7. The van der Waals surface area contributed by atoms with Crippen LogP contribution in [0.5, 0.6) is 0 Å². The van der Waals surface area contributed by atoms with E-state index in [1.165, 1.54) is 18.4 Å². The zero-order valence-electron chi connectivity index (χ0n) is 38.4. The van der Waals surface area contributed by atoms with Crippen molar-refractivity contribution >= 4 is 69.6 Å². The number of hydrogen-bond donors (Lipinski definition) is 5. The van der Waals surface area contributed by atoms with Crippen molar-refractivity contribution in [2.75, 3.05) is 26.0 Å². The number of nitrogens with one attached hydrogen (secondary N) is 5. The van der Waals surface area contributed by atoms with Gasteiger partial charge in [0.1, 0.15) is 35.0 Å². The molecule has 1 aromatic carbocycles. The number of thioether (sulfide) groups is 1. The lowest BCUT2D eigenvalue weighted by atomic mass is 9.83. The van der Waals surface area contributed by atoms with E-state index in [0.29, 0.717) is 18.0 Å². The largest absolute Gasteiger partial charge is 0.469 e. The van der Waals surface area contributed by atoms with Crippen LogP contribution in [0.2, 0.25) is 0 Å². The molecule has 16 nitrogen and oxygen atoms in total. The monoisotopic (exact) mass is 910 g/mol. The van der Waals surface area contributed by atoms with Crippen LogP contribution in [0.1, 0.15) is 111 Å². The van der Waals surface area contributed by atoms with Crippen LogP contribution in [-0.2, 0) is 38.3 Å². The molecule has 3 unspecified atom stereocenters. The number of thiazole rings is 1. The molecule has 2 aromatic rings. The van der Waals surface area contributed by atoms with Crippen LogP contribution >= 0.6 is 23.1 Å². The fraction of sp³-hybridized carbons (Fsp3) is 0.622. The van der Waals surface area contributed by atoms with Crippen LogP contribution < -0.4 is 26.6 Å². The van der Waals surface area contributed by atoms with Crippen LogP contribution in [0.4, 0.5) is 0 Å². The summed E-state index contributed by atoms with van der Waals surface area (Å²) >= 11 is 2.23. The number of amides is 5. The number of aromatic nitrogens is 1. The second kappa shape index (κ2) is 22.2. The van der Waals surface area contributed by atoms with Gasteiger partial charge >= 0.3 is 5.97 Å². The molecule has 8 atom stereocenters. The van der Waals surface area contributed by atoms with Gasteiger partial charge in [0, 0.05) is 36.2 Å². The maximum Gasteiger partial charge on any atom is 0.306 e. The first-order chi connectivity index (χ1) is 29.5. The fourth-order valence-electron chi connectivity index (χ4n) is 7.64. The molecule has 0 spiro atoms. The Labute approximate surface area is 379 Å². The Morgan fingerprint density at radius 2 is 1.67 bits per heavy atom. The van der Waals surface area contributed by atoms with Crippen molar-refractivity contribution in [1.29, 1.82) is 0 Å². The molecule has 5 amide bonds. The quantitative estimate of drug-likeness (QED) is 0.170. The summed E-state index contributed by atoms with van der Waals surface area (Å²) in [4.78, 5) is 107. The van der Waals surface area contributed by atoms with E-state index in [1.54, 1.807) is 16.5 Å². The van der Waals surface area contributed by atoms with Crippen LogP contribution in [-0.4, -0.2) is 113 Å². The molecule has 2 aliphatic rings. The normalized spacial score (nSPS) is 22.6. The first kappa shape index (κ1) is 50.8. The number of rotatable bonds is 14. The topological polar surface area (TPSA) is 217 Å². The molecule has 0 bridgehead atoms. The minimum absolute atomic E-state index is 0.0482.